The molecular formula is C9H14N2O3S3. The van der Waals surface area contributed by atoms with E-state index in [9.17, 15) is 13.2 Å². The highest BCUT2D eigenvalue weighted by Crippen LogP contribution is 2.17. The monoisotopic (exact) mass is 294 g/mol. The van der Waals surface area contributed by atoms with Crippen molar-refractivity contribution < 1.29 is 13.2 Å². The van der Waals surface area contributed by atoms with Crippen LogP contribution in [0.2, 0.25) is 0 Å². The molecule has 0 aromatic carbocycles. The van der Waals surface area contributed by atoms with E-state index in [1.807, 2.05) is 0 Å². The van der Waals surface area contributed by atoms with Crippen LogP contribution in [-0.2, 0) is 10.0 Å². The average molecular weight is 294 g/mol. The SMILES string of the molecule is CN(C)S(=O)(=O)CCNC(=O)c1cc(S)cs1. The Labute approximate surface area is 110 Å². The van der Waals surface area contributed by atoms with Gasteiger partial charge < -0.3 is 5.32 Å². The summed E-state index contributed by atoms with van der Waals surface area (Å²) in [5, 5.41) is 4.30. The van der Waals surface area contributed by atoms with E-state index in [0.29, 0.717) is 4.88 Å². The lowest BCUT2D eigenvalue weighted by molar-refractivity contribution is 0.0960. The van der Waals surface area contributed by atoms with Crippen LogP contribution in [0.4, 0.5) is 0 Å². The normalized spacial score (nSPS) is 11.8. The van der Waals surface area contributed by atoms with Crippen LogP contribution >= 0.6 is 24.0 Å². The van der Waals surface area contributed by atoms with Gasteiger partial charge in [-0.1, -0.05) is 0 Å². The van der Waals surface area contributed by atoms with Gasteiger partial charge in [-0.05, 0) is 6.07 Å². The predicted molar refractivity (Wildman–Crippen MR) is 71.4 cm³/mol. The lowest BCUT2D eigenvalue weighted by Gasteiger charge is -2.11. The van der Waals surface area contributed by atoms with Crippen LogP contribution in [0.3, 0.4) is 0 Å². The molecule has 1 N–H and O–H groups in total. The number of nitrogens with one attached hydrogen (secondary N) is 1. The van der Waals surface area contributed by atoms with Crippen molar-refractivity contribution in [1.82, 2.24) is 9.62 Å². The Balaban J connectivity index is 2.45. The molecule has 0 aliphatic rings. The van der Waals surface area contributed by atoms with Crippen LogP contribution in [0.15, 0.2) is 16.3 Å². The Morgan fingerprint density at radius 1 is 1.53 bits per heavy atom. The molecular weight excluding hydrogens is 280 g/mol. The summed E-state index contributed by atoms with van der Waals surface area (Å²) in [7, 11) is -0.340. The summed E-state index contributed by atoms with van der Waals surface area (Å²) in [6.07, 6.45) is 0. The highest BCUT2D eigenvalue weighted by atomic mass is 32.2. The first-order chi connectivity index (χ1) is 7.83. The minimum absolute atomic E-state index is 0.0964. The zero-order valence-electron chi connectivity index (χ0n) is 9.50. The summed E-state index contributed by atoms with van der Waals surface area (Å²) in [6.45, 7) is 0.0964. The average Bonchev–Trinajstić information content (AvgIpc) is 2.64. The highest BCUT2D eigenvalue weighted by Gasteiger charge is 2.14. The van der Waals surface area contributed by atoms with Gasteiger partial charge in [-0.3, -0.25) is 4.79 Å². The molecule has 0 spiro atoms. The molecule has 1 aromatic rings. The number of amides is 1. The zero-order chi connectivity index (χ0) is 13.1. The molecule has 96 valence electrons. The molecule has 0 saturated heterocycles. The summed E-state index contributed by atoms with van der Waals surface area (Å²) < 4.78 is 24.0. The molecule has 0 unspecified atom stereocenters. The molecule has 5 nitrogen and oxygen atoms in total. The van der Waals surface area contributed by atoms with E-state index >= 15 is 0 Å². The molecule has 1 rings (SSSR count). The number of hydrogen-bond donors (Lipinski definition) is 2. The molecule has 8 heteroatoms. The quantitative estimate of drug-likeness (QED) is 0.784. The number of sulfonamides is 1. The second-order valence-electron chi connectivity index (χ2n) is 3.52. The number of carbonyl (C=O) groups excluding carboxylic acids is 1. The lowest BCUT2D eigenvalue weighted by Crippen LogP contribution is -2.33. The Morgan fingerprint density at radius 2 is 2.18 bits per heavy atom. The standard InChI is InChI=1S/C9H14N2O3S3/c1-11(2)17(13,14)4-3-10-9(12)8-5-7(15)6-16-8/h5-6,15H,3-4H2,1-2H3,(H,10,12). The molecule has 0 aliphatic carbocycles. The fraction of sp³-hybridized carbons (Fsp3) is 0.444. The fourth-order valence-electron chi connectivity index (χ4n) is 1.01. The second-order valence-corrected chi connectivity index (χ2v) is 7.25. The van der Waals surface area contributed by atoms with E-state index in [1.165, 1.54) is 25.4 Å². The maximum atomic E-state index is 11.6. The Morgan fingerprint density at radius 3 is 2.65 bits per heavy atom. The van der Waals surface area contributed by atoms with Gasteiger partial charge in [0.05, 0.1) is 10.6 Å². The molecule has 0 fully saturated rings. The van der Waals surface area contributed by atoms with Gasteiger partial charge in [0.1, 0.15) is 0 Å². The van der Waals surface area contributed by atoms with Crippen molar-refractivity contribution in [2.45, 2.75) is 4.90 Å². The number of rotatable bonds is 5. The maximum Gasteiger partial charge on any atom is 0.261 e. The molecule has 0 atom stereocenters. The van der Waals surface area contributed by atoms with Crippen LogP contribution in [0.1, 0.15) is 9.67 Å². The van der Waals surface area contributed by atoms with E-state index in [4.69, 9.17) is 0 Å². The summed E-state index contributed by atoms with van der Waals surface area (Å²) in [6, 6.07) is 1.64. The topological polar surface area (TPSA) is 66.5 Å². The third-order valence-corrected chi connectivity index (χ3v) is 5.21. The van der Waals surface area contributed by atoms with Crippen molar-refractivity contribution in [3.05, 3.63) is 16.3 Å². The molecule has 0 aliphatic heterocycles. The van der Waals surface area contributed by atoms with E-state index < -0.39 is 10.0 Å². The van der Waals surface area contributed by atoms with Gasteiger partial charge in [-0.25, -0.2) is 12.7 Å². The molecule has 1 amide bonds. The number of thiol groups is 1. The number of hydrogen-bond acceptors (Lipinski definition) is 5. The highest BCUT2D eigenvalue weighted by molar-refractivity contribution is 7.89. The van der Waals surface area contributed by atoms with Gasteiger partial charge in [0, 0.05) is 30.9 Å². The van der Waals surface area contributed by atoms with E-state index in [2.05, 4.69) is 17.9 Å². The summed E-state index contributed by atoms with van der Waals surface area (Å²) in [5.41, 5.74) is 0. The number of nitrogens with zero attached hydrogens (tertiary/aromatic N) is 1. The fourth-order valence-corrected chi connectivity index (χ4v) is 2.80. The van der Waals surface area contributed by atoms with Crippen LogP contribution in [0.5, 0.6) is 0 Å². The van der Waals surface area contributed by atoms with Crippen molar-refractivity contribution in [3.8, 4) is 0 Å². The van der Waals surface area contributed by atoms with Gasteiger partial charge >= 0.3 is 0 Å². The Bertz CT molecular complexity index is 493. The zero-order valence-corrected chi connectivity index (χ0v) is 12.0. The minimum atomic E-state index is -3.26. The van der Waals surface area contributed by atoms with Crippen molar-refractivity contribution in [2.75, 3.05) is 26.4 Å². The lowest BCUT2D eigenvalue weighted by atomic mass is 10.4. The molecule has 17 heavy (non-hydrogen) atoms. The Kier molecular flexibility index (Phi) is 4.99. The van der Waals surface area contributed by atoms with Crippen molar-refractivity contribution in [1.29, 1.82) is 0 Å². The minimum Gasteiger partial charge on any atom is -0.350 e. The first-order valence-electron chi connectivity index (χ1n) is 4.79. The van der Waals surface area contributed by atoms with E-state index in [1.54, 1.807) is 11.4 Å². The van der Waals surface area contributed by atoms with Crippen molar-refractivity contribution >= 4 is 39.9 Å². The van der Waals surface area contributed by atoms with Gasteiger partial charge in [-0.15, -0.1) is 24.0 Å². The summed E-state index contributed by atoms with van der Waals surface area (Å²) in [5.74, 6) is -0.380. The summed E-state index contributed by atoms with van der Waals surface area (Å²) in [4.78, 5) is 12.8. The first-order valence-corrected chi connectivity index (χ1v) is 7.72. The smallest absolute Gasteiger partial charge is 0.261 e. The third kappa shape index (κ3) is 4.30. The maximum absolute atomic E-state index is 11.6. The van der Waals surface area contributed by atoms with Crippen LogP contribution in [-0.4, -0.2) is 45.0 Å². The van der Waals surface area contributed by atoms with E-state index in [0.717, 1.165) is 9.20 Å². The molecule has 0 saturated carbocycles. The molecule has 0 bridgehead atoms. The van der Waals surface area contributed by atoms with Crippen LogP contribution < -0.4 is 5.32 Å². The van der Waals surface area contributed by atoms with Crippen LogP contribution in [0.25, 0.3) is 0 Å². The number of carbonyl (C=O) groups is 1. The molecule has 1 aromatic heterocycles. The van der Waals surface area contributed by atoms with Gasteiger partial charge in [0.25, 0.3) is 5.91 Å². The van der Waals surface area contributed by atoms with Gasteiger partial charge in [0.15, 0.2) is 0 Å². The Hall–Kier alpha value is -0.570. The molecule has 1 heterocycles. The third-order valence-electron chi connectivity index (χ3n) is 2.01. The van der Waals surface area contributed by atoms with Crippen molar-refractivity contribution in [3.63, 3.8) is 0 Å². The summed E-state index contributed by atoms with van der Waals surface area (Å²) >= 11 is 5.37. The van der Waals surface area contributed by atoms with Gasteiger partial charge in [-0.2, -0.15) is 0 Å². The first kappa shape index (κ1) is 14.5. The van der Waals surface area contributed by atoms with E-state index in [-0.39, 0.29) is 18.2 Å². The predicted octanol–water partition coefficient (Wildman–Crippen LogP) is 0.658. The van der Waals surface area contributed by atoms with Crippen molar-refractivity contribution in [2.24, 2.45) is 0 Å². The number of thiophene rings is 1. The van der Waals surface area contributed by atoms with Crippen LogP contribution in [0, 0.1) is 0 Å². The molecule has 0 radical (unpaired) electrons. The largest absolute Gasteiger partial charge is 0.350 e. The second kappa shape index (κ2) is 5.85. The van der Waals surface area contributed by atoms with Gasteiger partial charge in [0.2, 0.25) is 10.0 Å².